The fourth-order valence-electron chi connectivity index (χ4n) is 9.29. The first kappa shape index (κ1) is 36.7. The molecule has 296 valence electrons. The molecule has 11 aromatic rings. The molecule has 5 heterocycles. The molecule has 6 nitrogen and oxygen atoms in total. The molecule has 6 heteroatoms. The molecule has 0 amide bonds. The van der Waals surface area contributed by atoms with E-state index in [0.717, 1.165) is 72.7 Å². The van der Waals surface area contributed by atoms with Crippen LogP contribution in [-0.4, -0.2) is 29.1 Å². The van der Waals surface area contributed by atoms with E-state index >= 15 is 0 Å². The minimum Gasteiger partial charge on any atom is -0.354 e. The standard InChI is InChI=1S/C55H46N6/c1-54(2,3)36-26-29-57-50(31-36)61-48-30-35(22-23-40(48)44-32-43(34-24-27-56-28-25-34)45(33-49(44)61)55(4,5)6)38-17-13-21-47-52(38)59-53(60(47)37-14-8-7-9-15-37)42-19-12-18-41-39-16-10-11-20-46(39)58-51(41)42/h7-33,58H,1-6H3. The molecule has 0 radical (unpaired) electrons. The van der Waals surface area contributed by atoms with Gasteiger partial charge in [-0.3, -0.25) is 14.1 Å². The summed E-state index contributed by atoms with van der Waals surface area (Å²) in [6.07, 6.45) is 5.73. The first-order valence-electron chi connectivity index (χ1n) is 21.1. The lowest BCUT2D eigenvalue weighted by molar-refractivity contribution is 0.588. The maximum atomic E-state index is 5.60. The van der Waals surface area contributed by atoms with Crippen LogP contribution in [0.1, 0.15) is 52.7 Å². The Morgan fingerprint density at radius 2 is 1.23 bits per heavy atom. The SMILES string of the molecule is CC(C)(C)c1ccnc(-n2c3cc(-c4cccc5c4nc(-c4cccc6c4[nH]c4ccccc46)n5-c4ccccc4)ccc3c3cc(-c4ccncc4)c(C(C)(C)C)cc32)c1. The summed E-state index contributed by atoms with van der Waals surface area (Å²) in [6.45, 7) is 13.7. The zero-order valence-electron chi connectivity index (χ0n) is 35.3. The smallest absolute Gasteiger partial charge is 0.147 e. The zero-order valence-corrected chi connectivity index (χ0v) is 35.3. The van der Waals surface area contributed by atoms with E-state index < -0.39 is 0 Å². The molecule has 0 aliphatic rings. The Balaban J connectivity index is 1.20. The third-order valence-corrected chi connectivity index (χ3v) is 12.3. The highest BCUT2D eigenvalue weighted by Crippen LogP contribution is 2.43. The van der Waals surface area contributed by atoms with E-state index in [2.05, 4.69) is 206 Å². The van der Waals surface area contributed by atoms with Crippen molar-refractivity contribution in [2.45, 2.75) is 52.4 Å². The number of aromatic nitrogens is 6. The Bertz CT molecular complexity index is 3480. The number of para-hydroxylation sites is 4. The van der Waals surface area contributed by atoms with Crippen molar-refractivity contribution in [3.8, 4) is 45.1 Å². The summed E-state index contributed by atoms with van der Waals surface area (Å²) in [5.41, 5.74) is 15.4. The number of imidazole rings is 1. The van der Waals surface area contributed by atoms with Crippen LogP contribution >= 0.6 is 0 Å². The number of nitrogens with zero attached hydrogens (tertiary/aromatic N) is 5. The molecule has 0 aliphatic heterocycles. The van der Waals surface area contributed by atoms with Crippen molar-refractivity contribution >= 4 is 54.6 Å². The molecule has 0 atom stereocenters. The minimum absolute atomic E-state index is 0.0468. The van der Waals surface area contributed by atoms with Gasteiger partial charge in [-0.15, -0.1) is 0 Å². The number of benzene rings is 6. The van der Waals surface area contributed by atoms with Crippen molar-refractivity contribution in [3.05, 3.63) is 175 Å². The molecular weight excluding hydrogens is 745 g/mol. The number of H-pyrrole nitrogens is 1. The van der Waals surface area contributed by atoms with E-state index in [1.54, 1.807) is 0 Å². The third-order valence-electron chi connectivity index (χ3n) is 12.3. The van der Waals surface area contributed by atoms with Gasteiger partial charge in [-0.25, -0.2) is 9.97 Å². The van der Waals surface area contributed by atoms with E-state index in [9.17, 15) is 0 Å². The van der Waals surface area contributed by atoms with Gasteiger partial charge >= 0.3 is 0 Å². The highest BCUT2D eigenvalue weighted by molar-refractivity contribution is 6.14. The molecule has 1 N–H and O–H groups in total. The molecule has 0 saturated heterocycles. The highest BCUT2D eigenvalue weighted by Gasteiger charge is 2.26. The van der Waals surface area contributed by atoms with E-state index in [1.807, 2.05) is 18.6 Å². The van der Waals surface area contributed by atoms with Crippen LogP contribution in [0.4, 0.5) is 0 Å². The first-order chi connectivity index (χ1) is 29.5. The monoisotopic (exact) mass is 790 g/mol. The first-order valence-corrected chi connectivity index (χ1v) is 21.1. The fourth-order valence-corrected chi connectivity index (χ4v) is 9.29. The molecule has 6 aromatic carbocycles. The van der Waals surface area contributed by atoms with Gasteiger partial charge in [-0.2, -0.15) is 0 Å². The molecule has 0 spiro atoms. The second kappa shape index (κ2) is 13.6. The molecule has 5 aromatic heterocycles. The molecule has 61 heavy (non-hydrogen) atoms. The van der Waals surface area contributed by atoms with Gasteiger partial charge in [0.1, 0.15) is 11.6 Å². The van der Waals surface area contributed by atoms with Gasteiger partial charge in [-0.05, 0) is 111 Å². The number of pyridine rings is 2. The van der Waals surface area contributed by atoms with Gasteiger partial charge in [0, 0.05) is 62.5 Å². The summed E-state index contributed by atoms with van der Waals surface area (Å²) in [7, 11) is 0. The highest BCUT2D eigenvalue weighted by atomic mass is 15.1. The molecule has 0 fully saturated rings. The topological polar surface area (TPSA) is 64.3 Å². The van der Waals surface area contributed by atoms with Crippen LogP contribution in [0.15, 0.2) is 164 Å². The van der Waals surface area contributed by atoms with E-state index in [4.69, 9.17) is 9.97 Å². The average molecular weight is 791 g/mol. The Labute approximate surface area is 355 Å². The maximum Gasteiger partial charge on any atom is 0.147 e. The van der Waals surface area contributed by atoms with Crippen LogP contribution in [0.5, 0.6) is 0 Å². The average Bonchev–Trinajstić information content (AvgIpc) is 3.95. The number of hydrogen-bond donors (Lipinski definition) is 1. The van der Waals surface area contributed by atoms with Gasteiger partial charge in [0.2, 0.25) is 0 Å². The van der Waals surface area contributed by atoms with Gasteiger partial charge in [0.05, 0.1) is 27.6 Å². The third kappa shape index (κ3) is 5.96. The minimum atomic E-state index is -0.123. The van der Waals surface area contributed by atoms with Crippen LogP contribution in [0.3, 0.4) is 0 Å². The summed E-state index contributed by atoms with van der Waals surface area (Å²) in [4.78, 5) is 18.8. The predicted octanol–water partition coefficient (Wildman–Crippen LogP) is 14.1. The van der Waals surface area contributed by atoms with Gasteiger partial charge in [-0.1, -0.05) is 114 Å². The predicted molar refractivity (Wildman–Crippen MR) is 254 cm³/mol. The second-order valence-corrected chi connectivity index (χ2v) is 18.3. The number of rotatable bonds is 5. The maximum absolute atomic E-state index is 5.60. The van der Waals surface area contributed by atoms with Crippen LogP contribution in [0.25, 0.3) is 99.8 Å². The van der Waals surface area contributed by atoms with Crippen molar-refractivity contribution in [1.29, 1.82) is 0 Å². The molecular formula is C55H46N6. The van der Waals surface area contributed by atoms with Crippen LogP contribution in [0, 0.1) is 0 Å². The molecule has 0 bridgehead atoms. The number of aromatic amines is 1. The quantitative estimate of drug-likeness (QED) is 0.189. The van der Waals surface area contributed by atoms with Crippen LogP contribution in [0.2, 0.25) is 0 Å². The summed E-state index contributed by atoms with van der Waals surface area (Å²) >= 11 is 0. The summed E-state index contributed by atoms with van der Waals surface area (Å²) in [5, 5.41) is 4.75. The Hall–Kier alpha value is -7.31. The molecule has 0 aliphatic carbocycles. The van der Waals surface area contributed by atoms with Crippen LogP contribution in [-0.2, 0) is 10.8 Å². The lowest BCUT2D eigenvalue weighted by atomic mass is 9.81. The number of hydrogen-bond acceptors (Lipinski definition) is 3. The summed E-state index contributed by atoms with van der Waals surface area (Å²) in [6, 6.07) is 52.5. The van der Waals surface area contributed by atoms with Crippen molar-refractivity contribution in [1.82, 2.24) is 29.1 Å². The van der Waals surface area contributed by atoms with E-state index in [1.165, 1.54) is 38.2 Å². The van der Waals surface area contributed by atoms with E-state index in [0.29, 0.717) is 0 Å². The Morgan fingerprint density at radius 3 is 2.03 bits per heavy atom. The lowest BCUT2D eigenvalue weighted by Gasteiger charge is -2.24. The Kier molecular flexibility index (Phi) is 8.20. The van der Waals surface area contributed by atoms with Gasteiger partial charge in [0.25, 0.3) is 0 Å². The summed E-state index contributed by atoms with van der Waals surface area (Å²) < 4.78 is 4.69. The van der Waals surface area contributed by atoms with Crippen LogP contribution < -0.4 is 0 Å². The zero-order chi connectivity index (χ0) is 41.6. The Morgan fingerprint density at radius 1 is 0.492 bits per heavy atom. The van der Waals surface area contributed by atoms with Gasteiger partial charge in [0.15, 0.2) is 0 Å². The van der Waals surface area contributed by atoms with Crippen molar-refractivity contribution in [2.75, 3.05) is 0 Å². The lowest BCUT2D eigenvalue weighted by Crippen LogP contribution is -2.14. The normalized spacial score (nSPS) is 12.4. The fraction of sp³-hybridized carbons (Fsp3) is 0.145. The van der Waals surface area contributed by atoms with E-state index in [-0.39, 0.29) is 10.8 Å². The van der Waals surface area contributed by atoms with Crippen molar-refractivity contribution in [3.63, 3.8) is 0 Å². The second-order valence-electron chi connectivity index (χ2n) is 18.3. The largest absolute Gasteiger partial charge is 0.354 e. The number of nitrogens with one attached hydrogen (secondary N) is 1. The molecule has 0 unspecified atom stereocenters. The van der Waals surface area contributed by atoms with Crippen molar-refractivity contribution in [2.24, 2.45) is 0 Å². The number of fused-ring (bicyclic) bond motifs is 7. The van der Waals surface area contributed by atoms with Crippen molar-refractivity contribution < 1.29 is 0 Å². The van der Waals surface area contributed by atoms with Gasteiger partial charge < -0.3 is 4.98 Å². The molecule has 0 saturated carbocycles. The summed E-state index contributed by atoms with van der Waals surface area (Å²) in [5.74, 6) is 1.80. The molecule has 11 rings (SSSR count).